The van der Waals surface area contributed by atoms with Crippen molar-refractivity contribution in [1.82, 2.24) is 0 Å². The summed E-state index contributed by atoms with van der Waals surface area (Å²) in [6, 6.07) is 26.4. The van der Waals surface area contributed by atoms with E-state index in [1.807, 2.05) is 60.4 Å². The van der Waals surface area contributed by atoms with Gasteiger partial charge in [-0.1, -0.05) is 88.2 Å². The average Bonchev–Trinajstić information content (AvgIpc) is 3.43. The van der Waals surface area contributed by atoms with Crippen molar-refractivity contribution >= 4 is 45.0 Å². The third-order valence-electron chi connectivity index (χ3n) is 8.81. The second-order valence-corrected chi connectivity index (χ2v) is 11.8. The standard InChI is InChI=1S/C35H26BrNO4/c1-20-10-16-28-22(18-20)13-17-29-35(33(39)26-8-3-4-9-27(26)34(35)40)30(21-11-14-24(36)15-12-21)31(37(28)29)32(38)23-6-5-7-25(19-23)41-2/h3-19,29-31H,1-2H3/t29-,30+,31+/m1/s1. The molecule has 202 valence electrons. The number of halogens is 1. The number of ketones is 3. The van der Waals surface area contributed by atoms with Gasteiger partial charge in [-0.05, 0) is 54.4 Å². The lowest BCUT2D eigenvalue weighted by Gasteiger charge is -2.37. The number of ether oxygens (including phenoxy) is 1. The first-order valence-corrected chi connectivity index (χ1v) is 14.3. The quantitative estimate of drug-likeness (QED) is 0.184. The smallest absolute Gasteiger partial charge is 0.186 e. The maximum atomic E-state index is 14.8. The number of hydrogen-bond acceptors (Lipinski definition) is 5. The van der Waals surface area contributed by atoms with E-state index in [9.17, 15) is 14.4 Å². The Balaban J connectivity index is 1.54. The first kappa shape index (κ1) is 25.7. The maximum absolute atomic E-state index is 14.8. The van der Waals surface area contributed by atoms with E-state index in [0.29, 0.717) is 22.4 Å². The lowest BCUT2D eigenvalue weighted by atomic mass is 9.64. The molecule has 0 amide bonds. The van der Waals surface area contributed by atoms with Crippen molar-refractivity contribution in [3.8, 4) is 5.75 Å². The molecule has 0 saturated carbocycles. The van der Waals surface area contributed by atoms with Gasteiger partial charge >= 0.3 is 0 Å². The summed E-state index contributed by atoms with van der Waals surface area (Å²) >= 11 is 3.53. The number of carbonyl (C=O) groups excluding carboxylic acids is 3. The lowest BCUT2D eigenvalue weighted by molar-refractivity contribution is 0.0666. The Morgan fingerprint density at radius 1 is 0.878 bits per heavy atom. The molecule has 0 radical (unpaired) electrons. The Labute approximate surface area is 246 Å². The van der Waals surface area contributed by atoms with Crippen LogP contribution < -0.4 is 9.64 Å². The van der Waals surface area contributed by atoms with Gasteiger partial charge in [0.15, 0.2) is 17.3 Å². The molecule has 5 nitrogen and oxygen atoms in total. The zero-order chi connectivity index (χ0) is 28.5. The molecule has 1 fully saturated rings. The molecule has 1 saturated heterocycles. The summed E-state index contributed by atoms with van der Waals surface area (Å²) in [7, 11) is 1.57. The van der Waals surface area contributed by atoms with E-state index < -0.39 is 23.4 Å². The van der Waals surface area contributed by atoms with Crippen LogP contribution in [0.5, 0.6) is 5.75 Å². The number of rotatable bonds is 4. The van der Waals surface area contributed by atoms with E-state index in [0.717, 1.165) is 26.9 Å². The molecular formula is C35H26BrNO4. The van der Waals surface area contributed by atoms with Gasteiger partial charge < -0.3 is 9.64 Å². The highest BCUT2D eigenvalue weighted by molar-refractivity contribution is 9.10. The molecule has 4 aromatic carbocycles. The van der Waals surface area contributed by atoms with Crippen LogP contribution in [-0.4, -0.2) is 36.5 Å². The fraction of sp³-hybridized carbons (Fsp3) is 0.171. The first-order chi connectivity index (χ1) is 19.9. The first-order valence-electron chi connectivity index (χ1n) is 13.6. The van der Waals surface area contributed by atoms with E-state index in [2.05, 4.69) is 22.0 Å². The van der Waals surface area contributed by atoms with Gasteiger partial charge in [-0.25, -0.2) is 0 Å². The normalized spacial score (nSPS) is 21.5. The highest BCUT2D eigenvalue weighted by Gasteiger charge is 2.71. The Morgan fingerprint density at radius 3 is 2.27 bits per heavy atom. The van der Waals surface area contributed by atoms with Crippen LogP contribution in [0, 0.1) is 12.3 Å². The highest BCUT2D eigenvalue weighted by Crippen LogP contribution is 2.61. The number of fused-ring (bicyclic) bond motifs is 5. The van der Waals surface area contributed by atoms with Crippen LogP contribution >= 0.6 is 15.9 Å². The second-order valence-electron chi connectivity index (χ2n) is 10.9. The topological polar surface area (TPSA) is 63.7 Å². The number of hydrogen-bond donors (Lipinski definition) is 0. The van der Waals surface area contributed by atoms with Crippen molar-refractivity contribution in [3.63, 3.8) is 0 Å². The molecule has 0 unspecified atom stereocenters. The minimum absolute atomic E-state index is 0.169. The molecule has 6 heteroatoms. The number of aryl methyl sites for hydroxylation is 1. The molecular weight excluding hydrogens is 578 g/mol. The molecule has 1 aliphatic carbocycles. The van der Waals surface area contributed by atoms with E-state index >= 15 is 0 Å². The summed E-state index contributed by atoms with van der Waals surface area (Å²) in [5, 5.41) is 0. The fourth-order valence-corrected chi connectivity index (χ4v) is 7.35. The molecule has 3 aliphatic rings. The van der Waals surface area contributed by atoms with Crippen LogP contribution in [0.25, 0.3) is 6.08 Å². The van der Waals surface area contributed by atoms with Gasteiger partial charge in [0.1, 0.15) is 17.2 Å². The van der Waals surface area contributed by atoms with Gasteiger partial charge in [0.05, 0.1) is 13.2 Å². The molecule has 2 aliphatic heterocycles. The monoisotopic (exact) mass is 603 g/mol. The van der Waals surface area contributed by atoms with E-state index in [-0.39, 0.29) is 17.3 Å². The number of Topliss-reactive ketones (excluding diaryl/α,β-unsaturated/α-hetero) is 3. The van der Waals surface area contributed by atoms with Crippen LogP contribution in [0.1, 0.15) is 53.7 Å². The zero-order valence-corrected chi connectivity index (χ0v) is 24.1. The third-order valence-corrected chi connectivity index (χ3v) is 9.34. The van der Waals surface area contributed by atoms with Crippen molar-refractivity contribution in [2.24, 2.45) is 5.41 Å². The minimum atomic E-state index is -1.52. The predicted molar refractivity (Wildman–Crippen MR) is 162 cm³/mol. The molecule has 2 heterocycles. The van der Waals surface area contributed by atoms with Gasteiger partial charge in [0, 0.05) is 32.8 Å². The average molecular weight is 605 g/mol. The van der Waals surface area contributed by atoms with Crippen LogP contribution in [0.15, 0.2) is 102 Å². The Bertz CT molecular complexity index is 1760. The number of anilines is 1. The molecule has 3 atom stereocenters. The van der Waals surface area contributed by atoms with Crippen LogP contribution in [0.4, 0.5) is 5.69 Å². The van der Waals surface area contributed by atoms with E-state index in [1.54, 1.807) is 55.6 Å². The van der Waals surface area contributed by atoms with Crippen molar-refractivity contribution in [1.29, 1.82) is 0 Å². The van der Waals surface area contributed by atoms with Crippen LogP contribution in [0.2, 0.25) is 0 Å². The van der Waals surface area contributed by atoms with Crippen molar-refractivity contribution < 1.29 is 19.1 Å². The summed E-state index contributed by atoms with van der Waals surface area (Å²) in [5.41, 5.74) is 3.41. The number of benzene rings is 4. The van der Waals surface area contributed by atoms with Gasteiger partial charge in [-0.3, -0.25) is 14.4 Å². The summed E-state index contributed by atoms with van der Waals surface area (Å²) in [6.45, 7) is 2.02. The Morgan fingerprint density at radius 2 is 1.59 bits per heavy atom. The van der Waals surface area contributed by atoms with Crippen LogP contribution in [-0.2, 0) is 0 Å². The largest absolute Gasteiger partial charge is 0.497 e. The molecule has 0 bridgehead atoms. The van der Waals surface area contributed by atoms with Gasteiger partial charge in [-0.2, -0.15) is 0 Å². The van der Waals surface area contributed by atoms with E-state index in [4.69, 9.17) is 4.74 Å². The van der Waals surface area contributed by atoms with Gasteiger partial charge in [-0.15, -0.1) is 0 Å². The second kappa shape index (κ2) is 9.38. The van der Waals surface area contributed by atoms with Crippen molar-refractivity contribution in [3.05, 3.63) is 135 Å². The third kappa shape index (κ3) is 3.56. The number of methoxy groups -OCH3 is 1. The maximum Gasteiger partial charge on any atom is 0.186 e. The molecule has 0 N–H and O–H groups in total. The molecule has 1 spiro atoms. The summed E-state index contributed by atoms with van der Waals surface area (Å²) < 4.78 is 6.32. The summed E-state index contributed by atoms with van der Waals surface area (Å²) in [5.74, 6) is -0.819. The lowest BCUT2D eigenvalue weighted by Crippen LogP contribution is -2.48. The molecule has 41 heavy (non-hydrogen) atoms. The van der Waals surface area contributed by atoms with Gasteiger partial charge in [0.2, 0.25) is 0 Å². The fourth-order valence-electron chi connectivity index (χ4n) is 7.09. The predicted octanol–water partition coefficient (Wildman–Crippen LogP) is 7.08. The Kier molecular flexibility index (Phi) is 5.87. The Hall–Kier alpha value is -4.29. The molecule has 4 aromatic rings. The molecule has 7 rings (SSSR count). The highest BCUT2D eigenvalue weighted by atomic mass is 79.9. The number of nitrogens with zero attached hydrogens (tertiary/aromatic N) is 1. The number of carbonyl (C=O) groups is 3. The van der Waals surface area contributed by atoms with Crippen LogP contribution in [0.3, 0.4) is 0 Å². The summed E-state index contributed by atoms with van der Waals surface area (Å²) in [6.07, 6.45) is 3.94. The zero-order valence-electron chi connectivity index (χ0n) is 22.5. The van der Waals surface area contributed by atoms with E-state index in [1.165, 1.54) is 0 Å². The minimum Gasteiger partial charge on any atom is -0.497 e. The van der Waals surface area contributed by atoms with Gasteiger partial charge in [0.25, 0.3) is 0 Å². The summed E-state index contributed by atoms with van der Waals surface area (Å²) in [4.78, 5) is 46.2. The van der Waals surface area contributed by atoms with Crippen molar-refractivity contribution in [2.75, 3.05) is 12.0 Å². The SMILES string of the molecule is COc1cccc(C(=O)[C@@H]2[C@H](c3ccc(Br)cc3)C3(C(=O)c4ccccc4C3=O)[C@H]3C=Cc4cc(C)ccc4N23)c1. The molecule has 0 aromatic heterocycles. The van der Waals surface area contributed by atoms with Crippen molar-refractivity contribution in [2.45, 2.75) is 24.9 Å².